The fourth-order valence-corrected chi connectivity index (χ4v) is 2.84. The number of aryl methyl sites for hydroxylation is 1. The molecule has 1 aromatic carbocycles. The first-order chi connectivity index (χ1) is 9.16. The molecule has 19 heavy (non-hydrogen) atoms. The van der Waals surface area contributed by atoms with Crippen molar-refractivity contribution in [3.05, 3.63) is 41.1 Å². The number of aromatic nitrogens is 1. The first-order valence-electron chi connectivity index (χ1n) is 6.58. The van der Waals surface area contributed by atoms with Crippen molar-refractivity contribution < 1.29 is 4.79 Å². The summed E-state index contributed by atoms with van der Waals surface area (Å²) in [5, 5.41) is 1.20. The molecule has 2 N–H and O–H groups in total. The van der Waals surface area contributed by atoms with Gasteiger partial charge in [-0.15, -0.1) is 0 Å². The van der Waals surface area contributed by atoms with Gasteiger partial charge in [0, 0.05) is 30.6 Å². The van der Waals surface area contributed by atoms with Crippen molar-refractivity contribution in [1.29, 1.82) is 0 Å². The van der Waals surface area contributed by atoms with Crippen molar-refractivity contribution in [2.45, 2.75) is 19.8 Å². The van der Waals surface area contributed by atoms with Crippen LogP contribution in [0.2, 0.25) is 0 Å². The van der Waals surface area contributed by atoms with Crippen molar-refractivity contribution in [3.63, 3.8) is 0 Å². The summed E-state index contributed by atoms with van der Waals surface area (Å²) in [6.07, 6.45) is 1.62. The molecule has 2 aromatic rings. The van der Waals surface area contributed by atoms with Crippen molar-refractivity contribution in [3.8, 4) is 0 Å². The fourth-order valence-electron chi connectivity index (χ4n) is 2.84. The molecule has 2 amide bonds. The average molecular weight is 255 g/mol. The lowest BCUT2D eigenvalue weighted by atomic mass is 9.99. The molecule has 3 rings (SSSR count). The highest BCUT2D eigenvalue weighted by atomic mass is 16.2. The van der Waals surface area contributed by atoms with Crippen molar-refractivity contribution in [1.82, 2.24) is 9.88 Å². The zero-order valence-electron chi connectivity index (χ0n) is 11.0. The summed E-state index contributed by atoms with van der Waals surface area (Å²) in [6.45, 7) is 3.49. The van der Waals surface area contributed by atoms with Crippen LogP contribution in [0.3, 0.4) is 0 Å². The van der Waals surface area contributed by atoms with Gasteiger partial charge >= 0.3 is 6.03 Å². The van der Waals surface area contributed by atoms with E-state index in [-0.39, 0.29) is 6.03 Å². The van der Waals surface area contributed by atoms with Gasteiger partial charge in [0.2, 0.25) is 0 Å². The summed E-state index contributed by atoms with van der Waals surface area (Å²) in [5.74, 6) is 0. The lowest BCUT2D eigenvalue weighted by Crippen LogP contribution is -2.37. The molecule has 0 aliphatic carbocycles. The second-order valence-corrected chi connectivity index (χ2v) is 5.00. The Kier molecular flexibility index (Phi) is 2.85. The molecule has 0 radical (unpaired) electrons. The van der Waals surface area contributed by atoms with E-state index in [1.54, 1.807) is 4.90 Å². The third-order valence-electron chi connectivity index (χ3n) is 3.93. The monoisotopic (exact) mass is 255 g/mol. The van der Waals surface area contributed by atoms with Gasteiger partial charge in [-0.1, -0.05) is 18.2 Å². The predicted molar refractivity (Wildman–Crippen MR) is 75.0 cm³/mol. The molecular formula is C15H17N3O. The number of benzene rings is 1. The van der Waals surface area contributed by atoms with Crippen LogP contribution >= 0.6 is 0 Å². The largest absolute Gasteiger partial charge is 0.351 e. The van der Waals surface area contributed by atoms with Gasteiger partial charge in [0.05, 0.1) is 5.52 Å². The highest BCUT2D eigenvalue weighted by Gasteiger charge is 2.19. The van der Waals surface area contributed by atoms with E-state index < -0.39 is 0 Å². The summed E-state index contributed by atoms with van der Waals surface area (Å²) in [5.41, 5.74) is 10.1. The molecule has 1 aliphatic rings. The quantitative estimate of drug-likeness (QED) is 0.783. The van der Waals surface area contributed by atoms with Gasteiger partial charge in [0.1, 0.15) is 0 Å². The number of primary amides is 1. The molecule has 2 heterocycles. The molecule has 98 valence electrons. The molecule has 1 aromatic heterocycles. The Hall–Kier alpha value is -2.10. The molecule has 0 spiro atoms. The van der Waals surface area contributed by atoms with Gasteiger partial charge in [-0.05, 0) is 30.5 Å². The molecular weight excluding hydrogens is 238 g/mol. The van der Waals surface area contributed by atoms with E-state index in [0.717, 1.165) is 24.1 Å². The Morgan fingerprint density at radius 3 is 2.79 bits per heavy atom. The zero-order valence-corrected chi connectivity index (χ0v) is 11.0. The Balaban J connectivity index is 2.09. The van der Waals surface area contributed by atoms with Crippen LogP contribution in [-0.4, -0.2) is 29.0 Å². The third kappa shape index (κ3) is 2.03. The topological polar surface area (TPSA) is 59.2 Å². The van der Waals surface area contributed by atoms with E-state index in [0.29, 0.717) is 13.1 Å². The Morgan fingerprint density at radius 2 is 2.00 bits per heavy atom. The number of carbonyl (C=O) groups excluding carboxylic acids is 1. The number of fused-ring (bicyclic) bond motifs is 2. The molecule has 0 atom stereocenters. The molecule has 0 saturated carbocycles. The number of nitrogens with two attached hydrogens (primary N) is 1. The molecule has 4 nitrogen and oxygen atoms in total. The highest BCUT2D eigenvalue weighted by Crippen LogP contribution is 2.25. The van der Waals surface area contributed by atoms with Gasteiger partial charge < -0.3 is 10.6 Å². The van der Waals surface area contributed by atoms with Crippen LogP contribution in [0, 0.1) is 6.92 Å². The van der Waals surface area contributed by atoms with E-state index in [1.165, 1.54) is 16.5 Å². The molecule has 0 saturated heterocycles. The van der Waals surface area contributed by atoms with Crippen molar-refractivity contribution in [2.24, 2.45) is 5.73 Å². The van der Waals surface area contributed by atoms with Crippen LogP contribution in [0.15, 0.2) is 24.3 Å². The van der Waals surface area contributed by atoms with Crippen LogP contribution in [0.5, 0.6) is 0 Å². The molecule has 4 heteroatoms. The van der Waals surface area contributed by atoms with Gasteiger partial charge in [-0.25, -0.2) is 4.79 Å². The smallest absolute Gasteiger partial charge is 0.314 e. The predicted octanol–water partition coefficient (Wildman–Crippen LogP) is 2.02. The average Bonchev–Trinajstić information content (AvgIpc) is 2.62. The van der Waals surface area contributed by atoms with E-state index in [9.17, 15) is 4.79 Å². The number of hydrogen-bond acceptors (Lipinski definition) is 2. The van der Waals surface area contributed by atoms with Gasteiger partial charge in [0.15, 0.2) is 0 Å². The molecule has 1 aliphatic heterocycles. The minimum atomic E-state index is -0.338. The lowest BCUT2D eigenvalue weighted by Gasteiger charge is -2.16. The second-order valence-electron chi connectivity index (χ2n) is 5.00. The number of hydrogen-bond donors (Lipinski definition) is 1. The maximum absolute atomic E-state index is 11.3. The maximum Gasteiger partial charge on any atom is 0.314 e. The first kappa shape index (κ1) is 12.0. The highest BCUT2D eigenvalue weighted by molar-refractivity contribution is 5.83. The lowest BCUT2D eigenvalue weighted by molar-refractivity contribution is 0.210. The molecule has 0 fully saturated rings. The van der Waals surface area contributed by atoms with Gasteiger partial charge in [-0.3, -0.25) is 4.98 Å². The zero-order chi connectivity index (χ0) is 13.4. The maximum atomic E-state index is 11.3. The van der Waals surface area contributed by atoms with E-state index in [2.05, 4.69) is 13.0 Å². The number of rotatable bonds is 0. The van der Waals surface area contributed by atoms with Crippen LogP contribution in [0.25, 0.3) is 10.9 Å². The SMILES string of the molecule is Cc1c2c(nc3ccccc13)CCN(C(N)=O)CC2. The summed E-state index contributed by atoms with van der Waals surface area (Å²) in [6, 6.07) is 7.85. The van der Waals surface area contributed by atoms with Crippen LogP contribution in [0.1, 0.15) is 16.8 Å². The Bertz CT molecular complexity index is 651. The van der Waals surface area contributed by atoms with Crippen LogP contribution in [0.4, 0.5) is 4.79 Å². The minimum Gasteiger partial charge on any atom is -0.351 e. The van der Waals surface area contributed by atoms with E-state index in [4.69, 9.17) is 10.7 Å². The second kappa shape index (κ2) is 4.53. The number of carbonyl (C=O) groups is 1. The van der Waals surface area contributed by atoms with Gasteiger partial charge in [0.25, 0.3) is 0 Å². The van der Waals surface area contributed by atoms with Gasteiger partial charge in [-0.2, -0.15) is 0 Å². The molecule has 0 unspecified atom stereocenters. The van der Waals surface area contributed by atoms with E-state index >= 15 is 0 Å². The number of para-hydroxylation sites is 1. The Morgan fingerprint density at radius 1 is 1.26 bits per heavy atom. The van der Waals surface area contributed by atoms with Crippen molar-refractivity contribution in [2.75, 3.05) is 13.1 Å². The third-order valence-corrected chi connectivity index (χ3v) is 3.93. The fraction of sp³-hybridized carbons (Fsp3) is 0.333. The molecule has 0 bridgehead atoms. The summed E-state index contributed by atoms with van der Waals surface area (Å²) in [7, 11) is 0. The van der Waals surface area contributed by atoms with Crippen LogP contribution < -0.4 is 5.73 Å². The normalized spacial score (nSPS) is 15.1. The van der Waals surface area contributed by atoms with Crippen molar-refractivity contribution >= 4 is 16.9 Å². The number of pyridine rings is 1. The Labute approximate surface area is 112 Å². The number of amides is 2. The standard InChI is InChI=1S/C15H17N3O/c1-10-11-4-2-3-5-13(11)17-14-7-9-18(15(16)19)8-6-12(10)14/h2-5H,6-9H2,1H3,(H2,16,19). The summed E-state index contributed by atoms with van der Waals surface area (Å²) < 4.78 is 0. The van der Waals surface area contributed by atoms with Crippen LogP contribution in [-0.2, 0) is 12.8 Å². The summed E-state index contributed by atoms with van der Waals surface area (Å²) >= 11 is 0. The number of urea groups is 1. The number of nitrogens with zero attached hydrogens (tertiary/aromatic N) is 2. The van der Waals surface area contributed by atoms with E-state index in [1.807, 2.05) is 18.2 Å². The summed E-state index contributed by atoms with van der Waals surface area (Å²) in [4.78, 5) is 17.8. The minimum absolute atomic E-state index is 0.338. The first-order valence-corrected chi connectivity index (χ1v) is 6.58.